The van der Waals surface area contributed by atoms with E-state index in [1.54, 1.807) is 30.5 Å². The number of aliphatic hydroxyl groups excluding tert-OH is 1. The van der Waals surface area contributed by atoms with E-state index in [2.05, 4.69) is 46.2 Å². The number of rotatable bonds is 7. The largest absolute Gasteiger partial charge is 0.516 e. The number of aliphatic hydroxyl groups is 1. The summed E-state index contributed by atoms with van der Waals surface area (Å²) in [5, 5.41) is 13.8. The molecule has 0 saturated heterocycles. The van der Waals surface area contributed by atoms with Gasteiger partial charge in [0.25, 0.3) is 0 Å². The van der Waals surface area contributed by atoms with E-state index in [4.69, 9.17) is 10.8 Å². The first-order valence-electron chi connectivity index (χ1n) is 9.07. The van der Waals surface area contributed by atoms with Crippen molar-refractivity contribution < 1.29 is 9.90 Å². The van der Waals surface area contributed by atoms with Gasteiger partial charge in [0, 0.05) is 24.0 Å². The van der Waals surface area contributed by atoms with Crippen LogP contribution in [0.25, 0.3) is 0 Å². The Bertz CT molecular complexity index is 914. The minimum absolute atomic E-state index is 0.365. The summed E-state index contributed by atoms with van der Waals surface area (Å²) >= 11 is 0. The van der Waals surface area contributed by atoms with Gasteiger partial charge in [-0.3, -0.25) is 4.79 Å². The number of carbonyl (C=O) groups is 1. The van der Waals surface area contributed by atoms with E-state index in [0.29, 0.717) is 17.4 Å². The summed E-state index contributed by atoms with van der Waals surface area (Å²) in [5.74, 6) is 1.14. The van der Waals surface area contributed by atoms with Crippen LogP contribution in [0.15, 0.2) is 79.7 Å². The van der Waals surface area contributed by atoms with Crippen molar-refractivity contribution in [2.24, 2.45) is 5.73 Å². The van der Waals surface area contributed by atoms with Crippen molar-refractivity contribution in [3.8, 4) is 0 Å². The van der Waals surface area contributed by atoms with Crippen molar-refractivity contribution in [1.29, 1.82) is 0 Å². The Labute approximate surface area is 170 Å². The van der Waals surface area contributed by atoms with Gasteiger partial charge in [0.1, 0.15) is 5.82 Å². The van der Waals surface area contributed by atoms with Crippen LogP contribution in [0.3, 0.4) is 0 Å². The third kappa shape index (κ3) is 6.99. The molecule has 29 heavy (non-hydrogen) atoms. The highest BCUT2D eigenvalue weighted by molar-refractivity contribution is 5.93. The van der Waals surface area contributed by atoms with Crippen LogP contribution in [0.2, 0.25) is 0 Å². The average Bonchev–Trinajstić information content (AvgIpc) is 2.74. The monoisotopic (exact) mass is 391 g/mol. The van der Waals surface area contributed by atoms with Gasteiger partial charge in [-0.15, -0.1) is 0 Å². The predicted octanol–water partition coefficient (Wildman–Crippen LogP) is 4.22. The number of carbonyl (C=O) groups excluding carboxylic acids is 1. The van der Waals surface area contributed by atoms with E-state index in [9.17, 15) is 4.79 Å². The van der Waals surface area contributed by atoms with E-state index in [-0.39, 0.29) is 0 Å². The zero-order valence-corrected chi connectivity index (χ0v) is 16.2. The Morgan fingerprint density at radius 2 is 1.83 bits per heavy atom. The van der Waals surface area contributed by atoms with Crippen molar-refractivity contribution in [2.75, 3.05) is 17.2 Å². The van der Waals surface area contributed by atoms with Crippen molar-refractivity contribution >= 4 is 23.4 Å². The maximum absolute atomic E-state index is 11.1. The molecule has 3 aromatic rings. The SMILES string of the molecule is C=CO.CC(CNc1ccnc(Nc2ccc(C(N)=O)cc2)n1)c1ccccc1. The fraction of sp³-hybridized carbons (Fsp3) is 0.136. The van der Waals surface area contributed by atoms with Crippen molar-refractivity contribution in [3.05, 3.63) is 90.8 Å². The topological polar surface area (TPSA) is 113 Å². The van der Waals surface area contributed by atoms with Crippen LogP contribution in [0, 0.1) is 0 Å². The molecule has 0 radical (unpaired) electrons. The molecule has 0 aliphatic carbocycles. The van der Waals surface area contributed by atoms with Crippen LogP contribution < -0.4 is 16.4 Å². The van der Waals surface area contributed by atoms with Crippen LogP contribution in [0.4, 0.5) is 17.5 Å². The fourth-order valence-electron chi connectivity index (χ4n) is 2.52. The zero-order chi connectivity index (χ0) is 21.1. The molecule has 7 nitrogen and oxygen atoms in total. The van der Waals surface area contributed by atoms with Gasteiger partial charge in [-0.1, -0.05) is 43.8 Å². The van der Waals surface area contributed by atoms with Crippen LogP contribution in [-0.4, -0.2) is 27.5 Å². The molecule has 3 rings (SSSR count). The molecule has 0 saturated carbocycles. The van der Waals surface area contributed by atoms with Crippen molar-refractivity contribution in [3.63, 3.8) is 0 Å². The Hall–Kier alpha value is -3.87. The number of nitrogens with zero attached hydrogens (tertiary/aromatic N) is 2. The summed E-state index contributed by atoms with van der Waals surface area (Å²) in [6.45, 7) is 5.86. The molecule has 0 spiro atoms. The number of hydrogen-bond donors (Lipinski definition) is 4. The quantitative estimate of drug-likeness (QED) is 0.449. The van der Waals surface area contributed by atoms with Crippen molar-refractivity contribution in [2.45, 2.75) is 12.8 Å². The van der Waals surface area contributed by atoms with Gasteiger partial charge in [-0.25, -0.2) is 4.98 Å². The van der Waals surface area contributed by atoms with Crippen LogP contribution in [-0.2, 0) is 0 Å². The van der Waals surface area contributed by atoms with Gasteiger partial charge in [0.05, 0.1) is 6.26 Å². The van der Waals surface area contributed by atoms with Crippen LogP contribution >= 0.6 is 0 Å². The molecule has 2 aromatic carbocycles. The highest BCUT2D eigenvalue weighted by Crippen LogP contribution is 2.17. The number of hydrogen-bond acceptors (Lipinski definition) is 6. The summed E-state index contributed by atoms with van der Waals surface area (Å²) in [5.41, 5.74) is 7.77. The van der Waals surface area contributed by atoms with Gasteiger partial charge in [0.2, 0.25) is 11.9 Å². The lowest BCUT2D eigenvalue weighted by atomic mass is 10.0. The Morgan fingerprint density at radius 1 is 1.17 bits per heavy atom. The van der Waals surface area contributed by atoms with Gasteiger partial charge in [-0.2, -0.15) is 4.98 Å². The fourth-order valence-corrected chi connectivity index (χ4v) is 2.52. The van der Waals surface area contributed by atoms with Crippen LogP contribution in [0.1, 0.15) is 28.8 Å². The van der Waals surface area contributed by atoms with E-state index in [0.717, 1.165) is 24.3 Å². The minimum Gasteiger partial charge on any atom is -0.516 e. The molecule has 1 amide bonds. The van der Waals surface area contributed by atoms with Gasteiger partial charge < -0.3 is 21.5 Å². The standard InChI is InChI=1S/C20H21N5O.C2H4O/c1-14(15-5-3-2-4-6-15)13-23-18-11-12-22-20(25-18)24-17-9-7-16(8-10-17)19(21)26;1-2-3/h2-12,14H,13H2,1H3,(H2,21,26)(H2,22,23,24,25);2-3H,1H2. The average molecular weight is 391 g/mol. The first-order chi connectivity index (χ1) is 14.0. The molecule has 0 bridgehead atoms. The van der Waals surface area contributed by atoms with E-state index in [1.807, 2.05) is 24.3 Å². The lowest BCUT2D eigenvalue weighted by molar-refractivity contribution is 0.100. The lowest BCUT2D eigenvalue weighted by Gasteiger charge is -2.14. The summed E-state index contributed by atoms with van der Waals surface area (Å²) < 4.78 is 0. The summed E-state index contributed by atoms with van der Waals surface area (Å²) in [6.07, 6.45) is 2.45. The normalized spacial score (nSPS) is 10.8. The summed E-state index contributed by atoms with van der Waals surface area (Å²) in [4.78, 5) is 19.8. The van der Waals surface area contributed by atoms with Gasteiger partial charge >= 0.3 is 0 Å². The molecule has 1 atom stereocenters. The van der Waals surface area contributed by atoms with Gasteiger partial charge in [0.15, 0.2) is 0 Å². The summed E-state index contributed by atoms with van der Waals surface area (Å²) in [7, 11) is 0. The Kier molecular flexibility index (Phi) is 8.19. The number of nitrogens with one attached hydrogen (secondary N) is 2. The zero-order valence-electron chi connectivity index (χ0n) is 16.2. The number of anilines is 3. The molecule has 1 heterocycles. The molecule has 5 N–H and O–H groups in total. The van der Waals surface area contributed by atoms with E-state index in [1.165, 1.54) is 5.56 Å². The molecule has 0 aliphatic rings. The maximum Gasteiger partial charge on any atom is 0.248 e. The van der Waals surface area contributed by atoms with Crippen LogP contribution in [0.5, 0.6) is 0 Å². The first kappa shape index (κ1) is 21.4. The predicted molar refractivity (Wildman–Crippen MR) is 116 cm³/mol. The molecular weight excluding hydrogens is 366 g/mol. The van der Waals surface area contributed by atoms with Gasteiger partial charge in [-0.05, 0) is 41.8 Å². The Balaban J connectivity index is 0.000000941. The molecule has 150 valence electrons. The molecule has 1 unspecified atom stereocenters. The van der Waals surface area contributed by atoms with E-state index >= 15 is 0 Å². The highest BCUT2D eigenvalue weighted by atomic mass is 16.2. The second-order valence-electron chi connectivity index (χ2n) is 6.21. The second kappa shape index (κ2) is 11.1. The molecule has 7 heteroatoms. The minimum atomic E-state index is -0.452. The summed E-state index contributed by atoms with van der Waals surface area (Å²) in [6, 6.07) is 19.0. The Morgan fingerprint density at radius 3 is 2.45 bits per heavy atom. The molecule has 0 aliphatic heterocycles. The maximum atomic E-state index is 11.1. The highest BCUT2D eigenvalue weighted by Gasteiger charge is 2.06. The third-order valence-corrected chi connectivity index (χ3v) is 4.04. The smallest absolute Gasteiger partial charge is 0.248 e. The number of benzene rings is 2. The molecular formula is C22H25N5O2. The number of aromatic nitrogens is 2. The second-order valence-corrected chi connectivity index (χ2v) is 6.21. The lowest BCUT2D eigenvalue weighted by Crippen LogP contribution is -2.11. The number of primary amides is 1. The van der Waals surface area contributed by atoms with Crippen molar-refractivity contribution in [1.82, 2.24) is 9.97 Å². The first-order valence-corrected chi connectivity index (χ1v) is 9.07. The number of amides is 1. The molecule has 1 aromatic heterocycles. The molecule has 0 fully saturated rings. The number of nitrogens with two attached hydrogens (primary N) is 1. The van der Waals surface area contributed by atoms with E-state index < -0.39 is 5.91 Å². The third-order valence-electron chi connectivity index (χ3n) is 4.04.